The van der Waals surface area contributed by atoms with Gasteiger partial charge >= 0.3 is 0 Å². The summed E-state index contributed by atoms with van der Waals surface area (Å²) in [5.41, 5.74) is 5.60. The molecule has 0 aliphatic carbocycles. The van der Waals surface area contributed by atoms with Crippen LogP contribution in [-0.4, -0.2) is 19.0 Å². The van der Waals surface area contributed by atoms with Gasteiger partial charge in [0, 0.05) is 12.5 Å². The maximum atomic E-state index is 12.2. The van der Waals surface area contributed by atoms with Gasteiger partial charge in [-0.25, -0.2) is 0 Å². The summed E-state index contributed by atoms with van der Waals surface area (Å²) >= 11 is 6.44. The van der Waals surface area contributed by atoms with E-state index in [1.54, 1.807) is 0 Å². The van der Waals surface area contributed by atoms with Crippen molar-refractivity contribution >= 4 is 29.2 Å². The lowest BCUT2D eigenvalue weighted by molar-refractivity contribution is -0.129. The molecule has 1 unspecified atom stereocenters. The van der Waals surface area contributed by atoms with Crippen molar-refractivity contribution in [3.8, 4) is 0 Å². The van der Waals surface area contributed by atoms with Crippen LogP contribution in [-0.2, 0) is 4.79 Å². The molecule has 0 bridgehead atoms. The lowest BCUT2D eigenvalue weighted by Crippen LogP contribution is -2.40. The van der Waals surface area contributed by atoms with Crippen molar-refractivity contribution in [3.05, 3.63) is 0 Å². The number of carbonyl (C=O) groups excluding carboxylic acids is 1. The van der Waals surface area contributed by atoms with Crippen molar-refractivity contribution in [3.63, 3.8) is 0 Å². The molecule has 3 nitrogen and oxygen atoms in total. The highest BCUT2D eigenvalue weighted by Crippen LogP contribution is 2.35. The highest BCUT2D eigenvalue weighted by atomic mass is 33.1. The van der Waals surface area contributed by atoms with Crippen LogP contribution in [0.2, 0.25) is 0 Å². The van der Waals surface area contributed by atoms with Crippen LogP contribution in [0.5, 0.6) is 0 Å². The largest absolute Gasteiger partial charge is 0.356 e. The fourth-order valence-corrected chi connectivity index (χ4v) is 1.84. The Bertz CT molecular complexity index is 246. The third-order valence-electron chi connectivity index (χ3n) is 2.86. The van der Waals surface area contributed by atoms with Crippen LogP contribution in [0.1, 0.15) is 68.2 Å². The van der Waals surface area contributed by atoms with Crippen LogP contribution >= 0.6 is 23.3 Å². The van der Waals surface area contributed by atoms with Gasteiger partial charge in [-0.15, -0.1) is 23.3 Å². The van der Waals surface area contributed by atoms with E-state index in [2.05, 4.69) is 70.2 Å². The van der Waals surface area contributed by atoms with Gasteiger partial charge in [0.2, 0.25) is 5.91 Å². The van der Waals surface area contributed by atoms with Crippen molar-refractivity contribution in [2.24, 2.45) is 22.5 Å². The highest BCUT2D eigenvalue weighted by Gasteiger charge is 2.34. The van der Waals surface area contributed by atoms with Gasteiger partial charge in [-0.3, -0.25) is 4.79 Å². The van der Waals surface area contributed by atoms with E-state index >= 15 is 0 Å². The van der Waals surface area contributed by atoms with Crippen molar-refractivity contribution in [2.45, 2.75) is 68.2 Å². The average molecular weight is 339 g/mol. The smallest absolute Gasteiger partial charge is 0.223 e. The van der Waals surface area contributed by atoms with Gasteiger partial charge in [0.15, 0.2) is 0 Å². The van der Waals surface area contributed by atoms with Crippen LogP contribution in [0, 0.1) is 16.7 Å². The Morgan fingerprint density at radius 1 is 1.10 bits per heavy atom. The fraction of sp³-hybridized carbons (Fsp3) is 0.938. The SMILES string of the molecule is CC.CC(C)(C)CC(C(=O)NCCCN)C(C)(C)C.SS. The Kier molecular flexibility index (Phi) is 17.1. The lowest BCUT2D eigenvalue weighted by Gasteiger charge is -2.34. The second-order valence-electron chi connectivity index (χ2n) is 7.12. The average Bonchev–Trinajstić information content (AvgIpc) is 2.38. The minimum Gasteiger partial charge on any atom is -0.356 e. The second-order valence-corrected chi connectivity index (χ2v) is 7.12. The molecule has 1 atom stereocenters. The minimum atomic E-state index is 0.0000774. The van der Waals surface area contributed by atoms with Crippen LogP contribution in [0.25, 0.3) is 0 Å². The van der Waals surface area contributed by atoms with Crippen LogP contribution in [0.15, 0.2) is 0 Å². The predicted octanol–water partition coefficient (Wildman–Crippen LogP) is 4.34. The number of rotatable bonds is 5. The van der Waals surface area contributed by atoms with Crippen molar-refractivity contribution in [1.82, 2.24) is 5.32 Å². The molecule has 0 heterocycles. The minimum absolute atomic E-state index is 0.0000774. The quantitative estimate of drug-likeness (QED) is 0.342. The molecule has 3 N–H and O–H groups in total. The zero-order valence-corrected chi connectivity index (χ0v) is 17.1. The number of thiol groups is 2. The molecule has 0 fully saturated rings. The lowest BCUT2D eigenvalue weighted by atomic mass is 9.71. The maximum Gasteiger partial charge on any atom is 0.223 e. The van der Waals surface area contributed by atoms with E-state index in [0.717, 1.165) is 12.8 Å². The van der Waals surface area contributed by atoms with E-state index in [4.69, 9.17) is 5.73 Å². The van der Waals surface area contributed by atoms with Gasteiger partial charge in [-0.2, -0.15) is 0 Å². The topological polar surface area (TPSA) is 55.1 Å². The Hall–Kier alpha value is 0.130. The molecule has 0 aliphatic heterocycles. The molecule has 130 valence electrons. The van der Waals surface area contributed by atoms with Crippen molar-refractivity contribution in [1.29, 1.82) is 0 Å². The first-order valence-corrected chi connectivity index (χ1v) is 9.36. The van der Waals surface area contributed by atoms with E-state index in [1.807, 2.05) is 13.8 Å². The molecule has 5 heteroatoms. The Labute approximate surface area is 143 Å². The Morgan fingerprint density at radius 3 is 1.81 bits per heavy atom. The summed E-state index contributed by atoms with van der Waals surface area (Å²) in [6.45, 7) is 18.2. The molecule has 0 saturated carbocycles. The highest BCUT2D eigenvalue weighted by molar-refractivity contribution is 8.59. The second kappa shape index (κ2) is 13.8. The van der Waals surface area contributed by atoms with Crippen molar-refractivity contribution in [2.75, 3.05) is 13.1 Å². The monoisotopic (exact) mass is 338 g/mol. The molecule has 0 rings (SSSR count). The van der Waals surface area contributed by atoms with Gasteiger partial charge in [-0.1, -0.05) is 55.4 Å². The molecule has 21 heavy (non-hydrogen) atoms. The van der Waals surface area contributed by atoms with E-state index in [1.165, 1.54) is 0 Å². The first kappa shape index (κ1) is 26.0. The predicted molar refractivity (Wildman–Crippen MR) is 103 cm³/mol. The summed E-state index contributed by atoms with van der Waals surface area (Å²) in [5, 5.41) is 2.99. The van der Waals surface area contributed by atoms with Crippen LogP contribution in [0.3, 0.4) is 0 Å². The number of nitrogens with two attached hydrogens (primary N) is 1. The molecule has 0 aromatic carbocycles. The van der Waals surface area contributed by atoms with Gasteiger partial charge in [0.25, 0.3) is 0 Å². The summed E-state index contributed by atoms with van der Waals surface area (Å²) in [6, 6.07) is 0. The van der Waals surface area contributed by atoms with Gasteiger partial charge in [0.05, 0.1) is 0 Å². The van der Waals surface area contributed by atoms with E-state index in [0.29, 0.717) is 13.1 Å². The first-order chi connectivity index (χ1) is 9.58. The summed E-state index contributed by atoms with van der Waals surface area (Å²) < 4.78 is 0. The maximum absolute atomic E-state index is 12.2. The molecule has 0 aromatic heterocycles. The molecule has 0 radical (unpaired) electrons. The third-order valence-corrected chi connectivity index (χ3v) is 2.86. The third kappa shape index (κ3) is 16.3. The normalized spacial score (nSPS) is 12.3. The Balaban J connectivity index is -0.000000739. The molecule has 0 aromatic rings. The van der Waals surface area contributed by atoms with Gasteiger partial charge < -0.3 is 11.1 Å². The summed E-state index contributed by atoms with van der Waals surface area (Å²) in [5.74, 6) is 0.223. The molecule has 0 spiro atoms. The molecular formula is C16H38N2OS2. The number of nitrogens with one attached hydrogen (secondary N) is 1. The van der Waals surface area contributed by atoms with Gasteiger partial charge in [0.1, 0.15) is 0 Å². The molecule has 1 amide bonds. The zero-order valence-electron chi connectivity index (χ0n) is 15.3. The van der Waals surface area contributed by atoms with Crippen LogP contribution in [0.4, 0.5) is 0 Å². The number of hydrogen-bond acceptors (Lipinski definition) is 4. The zero-order chi connectivity index (χ0) is 17.7. The fourth-order valence-electron chi connectivity index (χ4n) is 1.84. The van der Waals surface area contributed by atoms with E-state index in [9.17, 15) is 4.79 Å². The molecule has 0 saturated heterocycles. The number of amides is 1. The molecule has 0 aliphatic rings. The van der Waals surface area contributed by atoms with Gasteiger partial charge in [-0.05, 0) is 30.2 Å². The first-order valence-electron chi connectivity index (χ1n) is 7.76. The summed E-state index contributed by atoms with van der Waals surface area (Å²) in [7, 11) is 0. The Morgan fingerprint density at radius 2 is 1.52 bits per heavy atom. The van der Waals surface area contributed by atoms with E-state index < -0.39 is 0 Å². The standard InChI is InChI=1S/C14H30N2O.C2H6.H2S2/c1-13(2,3)10-11(14(4,5)6)12(17)16-9-7-8-15;2*1-2/h11H,7-10,15H2,1-6H3,(H,16,17);1-2H3;1-2H. The van der Waals surface area contributed by atoms with E-state index in [-0.39, 0.29) is 22.7 Å². The summed E-state index contributed by atoms with van der Waals surface area (Å²) in [4.78, 5) is 12.2. The number of hydrogen-bond donors (Lipinski definition) is 4. The van der Waals surface area contributed by atoms with Crippen LogP contribution < -0.4 is 11.1 Å². The van der Waals surface area contributed by atoms with Crippen molar-refractivity contribution < 1.29 is 4.79 Å². The molecular weight excluding hydrogens is 300 g/mol. The number of carbonyl (C=O) groups is 1. The summed E-state index contributed by atoms with van der Waals surface area (Å²) in [6.07, 6.45) is 1.75.